The molecule has 1 heterocycles. The molecule has 2 rings (SSSR count). The number of esters is 1. The van der Waals surface area contributed by atoms with E-state index < -0.39 is 0 Å². The molecule has 3 nitrogen and oxygen atoms in total. The minimum absolute atomic E-state index is 0.338. The first-order chi connectivity index (χ1) is 9.52. The second kappa shape index (κ2) is 6.09. The van der Waals surface area contributed by atoms with Crippen LogP contribution in [0.1, 0.15) is 28.5 Å². The van der Waals surface area contributed by atoms with Gasteiger partial charge in [0.15, 0.2) is 0 Å². The van der Waals surface area contributed by atoms with Gasteiger partial charge in [0.05, 0.1) is 23.6 Å². The van der Waals surface area contributed by atoms with Crippen LogP contribution < -0.4 is 0 Å². The van der Waals surface area contributed by atoms with Crippen molar-refractivity contribution in [3.8, 4) is 11.3 Å². The number of carbonyl (C=O) groups excluding carboxylic acids is 1. The van der Waals surface area contributed by atoms with Crippen LogP contribution in [0.3, 0.4) is 0 Å². The summed E-state index contributed by atoms with van der Waals surface area (Å²) in [6.07, 6.45) is 0. The Bertz CT molecular complexity index is 612. The van der Waals surface area contributed by atoms with Crippen LogP contribution in [-0.4, -0.2) is 17.6 Å². The molecule has 0 aliphatic rings. The molecule has 0 bridgehead atoms. The molecular formula is C16H17NO2S. The predicted molar refractivity (Wildman–Crippen MR) is 82.4 cm³/mol. The second-order valence-corrected chi connectivity index (χ2v) is 5.06. The van der Waals surface area contributed by atoms with E-state index in [1.165, 1.54) is 5.56 Å². The van der Waals surface area contributed by atoms with Crippen molar-refractivity contribution in [1.82, 2.24) is 4.98 Å². The second-order valence-electron chi connectivity index (χ2n) is 4.57. The first-order valence-corrected chi connectivity index (χ1v) is 6.92. The molecule has 0 N–H and O–H groups in total. The molecular weight excluding hydrogens is 270 g/mol. The molecule has 104 valence electrons. The van der Waals surface area contributed by atoms with E-state index >= 15 is 0 Å². The molecule has 20 heavy (non-hydrogen) atoms. The van der Waals surface area contributed by atoms with Crippen molar-refractivity contribution < 1.29 is 9.53 Å². The molecule has 0 amide bonds. The maximum absolute atomic E-state index is 11.9. The molecule has 0 atom stereocenters. The zero-order chi connectivity index (χ0) is 14.7. The monoisotopic (exact) mass is 287 g/mol. The topological polar surface area (TPSA) is 39.2 Å². The van der Waals surface area contributed by atoms with Gasteiger partial charge < -0.3 is 4.74 Å². The zero-order valence-corrected chi connectivity index (χ0v) is 12.7. The number of benzene rings is 1. The van der Waals surface area contributed by atoms with Crippen molar-refractivity contribution in [2.45, 2.75) is 25.7 Å². The van der Waals surface area contributed by atoms with E-state index in [1.54, 1.807) is 19.9 Å². The van der Waals surface area contributed by atoms with Gasteiger partial charge in [-0.3, -0.25) is 4.98 Å². The summed E-state index contributed by atoms with van der Waals surface area (Å²) in [6, 6.07) is 9.88. The number of aromatic nitrogens is 1. The zero-order valence-electron chi connectivity index (χ0n) is 11.8. The Hall–Kier alpha value is -1.81. The molecule has 0 unspecified atom stereocenters. The van der Waals surface area contributed by atoms with Crippen LogP contribution >= 0.6 is 12.6 Å². The van der Waals surface area contributed by atoms with Crippen LogP contribution in [0.5, 0.6) is 0 Å². The van der Waals surface area contributed by atoms with Crippen LogP contribution in [0.25, 0.3) is 11.3 Å². The molecule has 0 saturated heterocycles. The van der Waals surface area contributed by atoms with E-state index in [0.717, 1.165) is 11.3 Å². The van der Waals surface area contributed by atoms with Gasteiger partial charge in [-0.05, 0) is 26.8 Å². The van der Waals surface area contributed by atoms with E-state index in [2.05, 4.69) is 17.6 Å². The Morgan fingerprint density at radius 1 is 1.25 bits per heavy atom. The van der Waals surface area contributed by atoms with Crippen LogP contribution in [0.15, 0.2) is 35.2 Å². The summed E-state index contributed by atoms with van der Waals surface area (Å²) in [5, 5.41) is 0. The fraction of sp³-hybridized carbons (Fsp3) is 0.250. The van der Waals surface area contributed by atoms with Gasteiger partial charge in [0, 0.05) is 10.5 Å². The lowest BCUT2D eigenvalue weighted by Crippen LogP contribution is -2.09. The largest absolute Gasteiger partial charge is 0.462 e. The van der Waals surface area contributed by atoms with Crippen molar-refractivity contribution >= 4 is 18.6 Å². The summed E-state index contributed by atoms with van der Waals surface area (Å²) in [7, 11) is 0. The Morgan fingerprint density at radius 3 is 2.45 bits per heavy atom. The minimum atomic E-state index is -0.377. The average molecular weight is 287 g/mol. The summed E-state index contributed by atoms with van der Waals surface area (Å²) >= 11 is 4.40. The third-order valence-corrected chi connectivity index (χ3v) is 3.36. The van der Waals surface area contributed by atoms with E-state index in [-0.39, 0.29) is 5.97 Å². The van der Waals surface area contributed by atoms with Gasteiger partial charge in [-0.1, -0.05) is 29.8 Å². The Kier molecular flexibility index (Phi) is 4.45. The standard InChI is InChI=1S/C16H17NO2S/c1-4-19-16(18)15-11(3)17-13(9-14(15)20)12-7-5-10(2)6-8-12/h5-9H,4H2,1-3H3,(H,17,20). The number of ether oxygens (including phenoxy) is 1. The van der Waals surface area contributed by atoms with Gasteiger partial charge in [0.1, 0.15) is 0 Å². The number of carbonyl (C=O) groups is 1. The minimum Gasteiger partial charge on any atom is -0.462 e. The molecule has 1 aromatic heterocycles. The van der Waals surface area contributed by atoms with Crippen molar-refractivity contribution in [3.05, 3.63) is 47.2 Å². The first-order valence-electron chi connectivity index (χ1n) is 6.47. The average Bonchev–Trinajstić information content (AvgIpc) is 2.39. The van der Waals surface area contributed by atoms with Gasteiger partial charge in [0.25, 0.3) is 0 Å². The normalized spacial score (nSPS) is 10.4. The van der Waals surface area contributed by atoms with Crippen LogP contribution in [0, 0.1) is 13.8 Å². The van der Waals surface area contributed by atoms with E-state index in [0.29, 0.717) is 22.8 Å². The van der Waals surface area contributed by atoms with Gasteiger partial charge in [0.2, 0.25) is 0 Å². The molecule has 0 aliphatic carbocycles. The van der Waals surface area contributed by atoms with Gasteiger partial charge in [-0.15, -0.1) is 12.6 Å². The maximum atomic E-state index is 11.9. The number of pyridine rings is 1. The predicted octanol–water partition coefficient (Wildman–Crippen LogP) is 3.83. The summed E-state index contributed by atoms with van der Waals surface area (Å²) in [5.41, 5.74) is 4.07. The lowest BCUT2D eigenvalue weighted by atomic mass is 10.1. The molecule has 0 spiro atoms. The van der Waals surface area contributed by atoms with Gasteiger partial charge >= 0.3 is 5.97 Å². The summed E-state index contributed by atoms with van der Waals surface area (Å²) < 4.78 is 5.02. The molecule has 4 heteroatoms. The SMILES string of the molecule is CCOC(=O)c1c(S)cc(-c2ccc(C)cc2)nc1C. The lowest BCUT2D eigenvalue weighted by molar-refractivity contribution is 0.0521. The van der Waals surface area contributed by atoms with Crippen molar-refractivity contribution in [1.29, 1.82) is 0 Å². The van der Waals surface area contributed by atoms with Crippen LogP contribution in [-0.2, 0) is 4.74 Å². The molecule has 0 aliphatic heterocycles. The number of nitrogens with zero attached hydrogens (tertiary/aromatic N) is 1. The highest BCUT2D eigenvalue weighted by Gasteiger charge is 2.16. The van der Waals surface area contributed by atoms with E-state index in [1.807, 2.05) is 31.2 Å². The number of aryl methyl sites for hydroxylation is 2. The number of rotatable bonds is 3. The van der Waals surface area contributed by atoms with Crippen LogP contribution in [0.2, 0.25) is 0 Å². The summed E-state index contributed by atoms with van der Waals surface area (Å²) in [6.45, 7) is 5.95. The van der Waals surface area contributed by atoms with Crippen molar-refractivity contribution in [2.24, 2.45) is 0 Å². The highest BCUT2D eigenvalue weighted by atomic mass is 32.1. The number of thiol groups is 1. The highest BCUT2D eigenvalue weighted by Crippen LogP contribution is 2.25. The van der Waals surface area contributed by atoms with E-state index in [9.17, 15) is 4.79 Å². The molecule has 0 fully saturated rings. The quantitative estimate of drug-likeness (QED) is 0.689. The third kappa shape index (κ3) is 3.02. The fourth-order valence-corrected chi connectivity index (χ4v) is 2.36. The number of hydrogen-bond donors (Lipinski definition) is 1. The Morgan fingerprint density at radius 2 is 1.90 bits per heavy atom. The third-order valence-electron chi connectivity index (χ3n) is 3.01. The lowest BCUT2D eigenvalue weighted by Gasteiger charge is -2.10. The molecule has 0 radical (unpaired) electrons. The van der Waals surface area contributed by atoms with Crippen molar-refractivity contribution in [2.75, 3.05) is 6.61 Å². The summed E-state index contributed by atoms with van der Waals surface area (Å²) in [4.78, 5) is 16.9. The highest BCUT2D eigenvalue weighted by molar-refractivity contribution is 7.80. The Balaban J connectivity index is 2.44. The summed E-state index contributed by atoms with van der Waals surface area (Å²) in [5.74, 6) is -0.377. The first kappa shape index (κ1) is 14.6. The van der Waals surface area contributed by atoms with Gasteiger partial charge in [-0.25, -0.2) is 4.79 Å². The van der Waals surface area contributed by atoms with E-state index in [4.69, 9.17) is 4.74 Å². The van der Waals surface area contributed by atoms with Gasteiger partial charge in [-0.2, -0.15) is 0 Å². The smallest absolute Gasteiger partial charge is 0.341 e. The Labute approximate surface area is 124 Å². The molecule has 1 aromatic carbocycles. The maximum Gasteiger partial charge on any atom is 0.341 e. The fourth-order valence-electron chi connectivity index (χ4n) is 1.98. The molecule has 2 aromatic rings. The van der Waals surface area contributed by atoms with Crippen molar-refractivity contribution in [3.63, 3.8) is 0 Å². The number of hydrogen-bond acceptors (Lipinski definition) is 4. The van der Waals surface area contributed by atoms with Crippen LogP contribution in [0.4, 0.5) is 0 Å². The molecule has 0 saturated carbocycles.